The zero-order valence-corrected chi connectivity index (χ0v) is 11.5. The maximum absolute atomic E-state index is 11.8. The van der Waals surface area contributed by atoms with Gasteiger partial charge in [-0.1, -0.05) is 6.07 Å². The van der Waals surface area contributed by atoms with Crippen LogP contribution in [0.15, 0.2) is 18.2 Å². The van der Waals surface area contributed by atoms with Gasteiger partial charge in [0, 0.05) is 0 Å². The summed E-state index contributed by atoms with van der Waals surface area (Å²) < 4.78 is 5.84. The van der Waals surface area contributed by atoms with Crippen molar-refractivity contribution < 1.29 is 9.53 Å². The van der Waals surface area contributed by atoms with Crippen molar-refractivity contribution in [3.05, 3.63) is 23.8 Å². The highest BCUT2D eigenvalue weighted by Crippen LogP contribution is 2.37. The first-order valence-corrected chi connectivity index (χ1v) is 6.91. The van der Waals surface area contributed by atoms with Crippen LogP contribution in [-0.4, -0.2) is 24.6 Å². The van der Waals surface area contributed by atoms with Crippen molar-refractivity contribution in [2.75, 3.05) is 18.4 Å². The Morgan fingerprint density at radius 2 is 2.00 bits per heavy atom. The summed E-state index contributed by atoms with van der Waals surface area (Å²) in [5.41, 5.74) is 1.30. The number of rotatable bonds is 1. The Bertz CT molecular complexity index is 505. The van der Waals surface area contributed by atoms with Crippen LogP contribution < -0.4 is 15.4 Å². The third-order valence-electron chi connectivity index (χ3n) is 3.98. The predicted molar refractivity (Wildman–Crippen MR) is 74.6 cm³/mol. The van der Waals surface area contributed by atoms with E-state index in [-0.39, 0.29) is 5.91 Å². The molecule has 0 aliphatic carbocycles. The van der Waals surface area contributed by atoms with Crippen LogP contribution in [-0.2, 0) is 4.79 Å². The molecule has 4 heteroatoms. The molecule has 2 N–H and O–H groups in total. The lowest BCUT2D eigenvalue weighted by atomic mass is 9.89. The van der Waals surface area contributed by atoms with Crippen molar-refractivity contribution in [3.63, 3.8) is 0 Å². The number of amides is 1. The Hall–Kier alpha value is -1.55. The third kappa shape index (κ3) is 2.32. The SMILES string of the molecule is CC1(C)Oc2cc(C3CCNCC3)ccc2NC1=O. The summed E-state index contributed by atoms with van der Waals surface area (Å²) >= 11 is 0. The first-order valence-electron chi connectivity index (χ1n) is 6.91. The number of nitrogens with one attached hydrogen (secondary N) is 2. The zero-order chi connectivity index (χ0) is 13.5. The van der Waals surface area contributed by atoms with Crippen molar-refractivity contribution in [3.8, 4) is 5.75 Å². The number of hydrogen-bond acceptors (Lipinski definition) is 3. The Morgan fingerprint density at radius 1 is 1.26 bits per heavy atom. The lowest BCUT2D eigenvalue weighted by molar-refractivity contribution is -0.129. The molecule has 1 amide bonds. The number of carbonyl (C=O) groups excluding carboxylic acids is 1. The molecule has 2 aliphatic heterocycles. The van der Waals surface area contributed by atoms with E-state index in [4.69, 9.17) is 4.74 Å². The highest BCUT2D eigenvalue weighted by atomic mass is 16.5. The fourth-order valence-corrected chi connectivity index (χ4v) is 2.73. The molecule has 0 atom stereocenters. The smallest absolute Gasteiger partial charge is 0.268 e. The molecule has 2 heterocycles. The first kappa shape index (κ1) is 12.5. The van der Waals surface area contributed by atoms with Crippen molar-refractivity contribution >= 4 is 11.6 Å². The normalized spacial score (nSPS) is 22.3. The minimum Gasteiger partial charge on any atom is -0.476 e. The van der Waals surface area contributed by atoms with Gasteiger partial charge >= 0.3 is 0 Å². The summed E-state index contributed by atoms with van der Waals surface area (Å²) in [6.07, 6.45) is 2.32. The molecule has 1 aromatic rings. The monoisotopic (exact) mass is 260 g/mol. The quantitative estimate of drug-likeness (QED) is 0.814. The van der Waals surface area contributed by atoms with E-state index in [1.807, 2.05) is 6.07 Å². The first-order chi connectivity index (χ1) is 9.06. The summed E-state index contributed by atoms with van der Waals surface area (Å²) in [5, 5.41) is 6.28. The molecule has 1 saturated heterocycles. The van der Waals surface area contributed by atoms with Crippen molar-refractivity contribution in [2.24, 2.45) is 0 Å². The molecule has 19 heavy (non-hydrogen) atoms. The van der Waals surface area contributed by atoms with Crippen LogP contribution in [0, 0.1) is 0 Å². The van der Waals surface area contributed by atoms with Crippen LogP contribution in [0.4, 0.5) is 5.69 Å². The van der Waals surface area contributed by atoms with Gasteiger partial charge in [0.05, 0.1) is 5.69 Å². The second-order valence-corrected chi connectivity index (χ2v) is 5.85. The van der Waals surface area contributed by atoms with Gasteiger partial charge in [-0.15, -0.1) is 0 Å². The van der Waals surface area contributed by atoms with Gasteiger partial charge < -0.3 is 15.4 Å². The molecule has 0 radical (unpaired) electrons. The molecule has 3 rings (SSSR count). The van der Waals surface area contributed by atoms with Crippen LogP contribution >= 0.6 is 0 Å². The number of benzene rings is 1. The van der Waals surface area contributed by atoms with Gasteiger partial charge in [0.15, 0.2) is 5.60 Å². The topological polar surface area (TPSA) is 50.4 Å². The van der Waals surface area contributed by atoms with Crippen LogP contribution in [0.2, 0.25) is 0 Å². The maximum atomic E-state index is 11.8. The lowest BCUT2D eigenvalue weighted by Crippen LogP contribution is -2.45. The molecule has 0 bridgehead atoms. The molecule has 0 spiro atoms. The van der Waals surface area contributed by atoms with E-state index in [2.05, 4.69) is 22.8 Å². The van der Waals surface area contributed by atoms with Crippen molar-refractivity contribution in [1.29, 1.82) is 0 Å². The van der Waals surface area contributed by atoms with Gasteiger partial charge in [0.25, 0.3) is 5.91 Å². The average Bonchev–Trinajstić information content (AvgIpc) is 2.40. The summed E-state index contributed by atoms with van der Waals surface area (Å²) in [6, 6.07) is 6.16. The molecular weight excluding hydrogens is 240 g/mol. The Morgan fingerprint density at radius 3 is 2.74 bits per heavy atom. The highest BCUT2D eigenvalue weighted by Gasteiger charge is 2.35. The minimum atomic E-state index is -0.792. The van der Waals surface area contributed by atoms with E-state index >= 15 is 0 Å². The summed E-state index contributed by atoms with van der Waals surface area (Å²) in [5.74, 6) is 1.30. The Balaban J connectivity index is 1.89. The third-order valence-corrected chi connectivity index (χ3v) is 3.98. The van der Waals surface area contributed by atoms with Gasteiger partial charge in [0.1, 0.15) is 5.75 Å². The van der Waals surface area contributed by atoms with E-state index in [9.17, 15) is 4.79 Å². The van der Waals surface area contributed by atoms with Crippen LogP contribution in [0.1, 0.15) is 38.2 Å². The summed E-state index contributed by atoms with van der Waals surface area (Å²) in [4.78, 5) is 11.8. The van der Waals surface area contributed by atoms with E-state index in [0.717, 1.165) is 37.4 Å². The fraction of sp³-hybridized carbons (Fsp3) is 0.533. The zero-order valence-electron chi connectivity index (χ0n) is 11.5. The number of fused-ring (bicyclic) bond motifs is 1. The number of ether oxygens (including phenoxy) is 1. The lowest BCUT2D eigenvalue weighted by Gasteiger charge is -2.32. The molecule has 0 aromatic heterocycles. The Kier molecular flexibility index (Phi) is 2.97. The molecule has 1 fully saturated rings. The number of carbonyl (C=O) groups is 1. The van der Waals surface area contributed by atoms with Gasteiger partial charge in [-0.25, -0.2) is 0 Å². The summed E-state index contributed by atoms with van der Waals surface area (Å²) in [6.45, 7) is 5.74. The molecule has 102 valence electrons. The van der Waals surface area contributed by atoms with Crippen molar-refractivity contribution in [2.45, 2.75) is 38.2 Å². The van der Waals surface area contributed by atoms with Gasteiger partial charge in [-0.3, -0.25) is 4.79 Å². The van der Waals surface area contributed by atoms with Crippen molar-refractivity contribution in [1.82, 2.24) is 5.32 Å². The second kappa shape index (κ2) is 4.53. The number of hydrogen-bond donors (Lipinski definition) is 2. The second-order valence-electron chi connectivity index (χ2n) is 5.85. The summed E-state index contributed by atoms with van der Waals surface area (Å²) in [7, 11) is 0. The molecule has 4 nitrogen and oxygen atoms in total. The van der Waals surface area contributed by atoms with E-state index in [1.165, 1.54) is 5.56 Å². The molecule has 0 unspecified atom stereocenters. The van der Waals surface area contributed by atoms with E-state index in [0.29, 0.717) is 5.92 Å². The molecular formula is C15H20N2O2. The highest BCUT2D eigenvalue weighted by molar-refractivity contribution is 6.00. The molecule has 2 aliphatic rings. The average molecular weight is 260 g/mol. The van der Waals surface area contributed by atoms with Crippen LogP contribution in [0.5, 0.6) is 5.75 Å². The Labute approximate surface area is 113 Å². The van der Waals surface area contributed by atoms with Gasteiger partial charge in [0.2, 0.25) is 0 Å². The minimum absolute atomic E-state index is 0.0883. The predicted octanol–water partition coefficient (Wildman–Crippen LogP) is 2.26. The standard InChI is InChI=1S/C15H20N2O2/c1-15(2)14(18)17-12-4-3-11(9-13(12)19-15)10-5-7-16-8-6-10/h3-4,9-10,16H,5-8H2,1-2H3,(H,17,18). The van der Waals surface area contributed by atoms with Crippen LogP contribution in [0.3, 0.4) is 0 Å². The van der Waals surface area contributed by atoms with E-state index < -0.39 is 5.60 Å². The number of piperidine rings is 1. The van der Waals surface area contributed by atoms with Crippen LogP contribution in [0.25, 0.3) is 0 Å². The molecule has 1 aromatic carbocycles. The van der Waals surface area contributed by atoms with E-state index in [1.54, 1.807) is 13.8 Å². The molecule has 0 saturated carbocycles. The van der Waals surface area contributed by atoms with Gasteiger partial charge in [-0.05, 0) is 63.4 Å². The van der Waals surface area contributed by atoms with Gasteiger partial charge in [-0.2, -0.15) is 0 Å². The maximum Gasteiger partial charge on any atom is 0.268 e. The number of anilines is 1. The largest absolute Gasteiger partial charge is 0.476 e. The fourth-order valence-electron chi connectivity index (χ4n) is 2.73.